The number of amides is 1. The van der Waals surface area contributed by atoms with Crippen molar-refractivity contribution in [2.24, 2.45) is 5.73 Å². The topological polar surface area (TPSA) is 102 Å². The van der Waals surface area contributed by atoms with Gasteiger partial charge in [0.15, 0.2) is 0 Å². The Bertz CT molecular complexity index is 260. The molecule has 0 fully saturated rings. The van der Waals surface area contributed by atoms with E-state index in [1.807, 2.05) is 0 Å². The highest BCUT2D eigenvalue weighted by atomic mass is 16.5. The molecule has 1 atom stereocenters. The maximum Gasteiger partial charge on any atom is 0.305 e. The number of nitrogens with zero attached hydrogens (tertiary/aromatic N) is 1. The number of nitrogens with two attached hydrogens (primary N) is 1. The van der Waals surface area contributed by atoms with Gasteiger partial charge in [0.05, 0.1) is 19.1 Å². The minimum Gasteiger partial charge on any atom is -0.481 e. The molecule has 0 aliphatic carbocycles. The lowest BCUT2D eigenvalue weighted by atomic mass is 10.2. The summed E-state index contributed by atoms with van der Waals surface area (Å²) >= 11 is 0. The second-order valence-electron chi connectivity index (χ2n) is 3.87. The number of aliphatic carboxylic acids is 1. The van der Waals surface area contributed by atoms with Crippen molar-refractivity contribution >= 4 is 11.9 Å². The van der Waals surface area contributed by atoms with Gasteiger partial charge in [0.1, 0.15) is 0 Å². The fourth-order valence-corrected chi connectivity index (χ4v) is 1.44. The molecule has 1 amide bonds. The molecule has 0 aromatic carbocycles. The molecule has 0 aromatic heterocycles. The number of carbonyl (C=O) groups is 2. The molecular weight excluding hydrogens is 240 g/mol. The van der Waals surface area contributed by atoms with Crippen molar-refractivity contribution < 1.29 is 24.2 Å². The van der Waals surface area contributed by atoms with Crippen LogP contribution in [-0.2, 0) is 19.1 Å². The van der Waals surface area contributed by atoms with Crippen LogP contribution in [-0.4, -0.2) is 68.4 Å². The van der Waals surface area contributed by atoms with Gasteiger partial charge in [-0.3, -0.25) is 9.59 Å². The minimum absolute atomic E-state index is 0.368. The number of rotatable bonds is 10. The van der Waals surface area contributed by atoms with Crippen molar-refractivity contribution in [2.75, 3.05) is 40.5 Å². The Morgan fingerprint density at radius 1 is 1.22 bits per heavy atom. The Labute approximate surface area is 107 Å². The second-order valence-corrected chi connectivity index (χ2v) is 3.87. The third-order valence-electron chi connectivity index (χ3n) is 2.37. The molecule has 0 aromatic rings. The van der Waals surface area contributed by atoms with Crippen LogP contribution in [0, 0.1) is 0 Å². The summed E-state index contributed by atoms with van der Waals surface area (Å²) in [7, 11) is 3.12. The number of methoxy groups -OCH3 is 2. The minimum atomic E-state index is -1.08. The SMILES string of the molecule is COCCCN(CCOC)C(=O)C(N)CC(=O)O. The maximum atomic E-state index is 11.9. The van der Waals surface area contributed by atoms with Gasteiger partial charge in [-0.1, -0.05) is 0 Å². The average Bonchev–Trinajstić information content (AvgIpc) is 2.32. The van der Waals surface area contributed by atoms with Crippen LogP contribution in [0.4, 0.5) is 0 Å². The number of carboxylic acid groups (broad SMARTS) is 1. The summed E-state index contributed by atoms with van der Waals surface area (Å²) < 4.78 is 9.81. The molecule has 1 unspecified atom stereocenters. The monoisotopic (exact) mass is 262 g/mol. The van der Waals surface area contributed by atoms with E-state index >= 15 is 0 Å². The second kappa shape index (κ2) is 9.81. The summed E-state index contributed by atoms with van der Waals surface area (Å²) in [5.74, 6) is -1.45. The highest BCUT2D eigenvalue weighted by Gasteiger charge is 2.22. The Morgan fingerprint density at radius 3 is 2.33 bits per heavy atom. The van der Waals surface area contributed by atoms with E-state index in [2.05, 4.69) is 0 Å². The van der Waals surface area contributed by atoms with Crippen LogP contribution in [0.5, 0.6) is 0 Å². The highest BCUT2D eigenvalue weighted by molar-refractivity contribution is 5.85. The quantitative estimate of drug-likeness (QED) is 0.505. The molecule has 7 nitrogen and oxygen atoms in total. The van der Waals surface area contributed by atoms with E-state index in [4.69, 9.17) is 20.3 Å². The van der Waals surface area contributed by atoms with Gasteiger partial charge in [0.2, 0.25) is 5.91 Å². The molecule has 0 aliphatic heterocycles. The predicted octanol–water partition coefficient (Wildman–Crippen LogP) is -0.700. The lowest BCUT2D eigenvalue weighted by molar-refractivity contribution is -0.142. The van der Waals surface area contributed by atoms with E-state index < -0.39 is 12.0 Å². The number of hydrogen-bond acceptors (Lipinski definition) is 5. The predicted molar refractivity (Wildman–Crippen MR) is 65.2 cm³/mol. The van der Waals surface area contributed by atoms with Crippen molar-refractivity contribution in [3.63, 3.8) is 0 Å². The number of carboxylic acids is 1. The Balaban J connectivity index is 4.32. The molecule has 0 aliphatic rings. The van der Waals surface area contributed by atoms with E-state index in [-0.39, 0.29) is 12.3 Å². The molecule has 0 heterocycles. The lowest BCUT2D eigenvalue weighted by Crippen LogP contribution is -2.46. The van der Waals surface area contributed by atoms with E-state index in [0.29, 0.717) is 32.7 Å². The molecule has 106 valence electrons. The Kier molecular flexibility index (Phi) is 9.17. The molecule has 7 heteroatoms. The average molecular weight is 262 g/mol. The van der Waals surface area contributed by atoms with Gasteiger partial charge in [0.25, 0.3) is 0 Å². The first-order valence-electron chi connectivity index (χ1n) is 5.77. The first-order valence-corrected chi connectivity index (χ1v) is 5.77. The molecule has 18 heavy (non-hydrogen) atoms. The zero-order chi connectivity index (χ0) is 14.0. The first-order chi connectivity index (χ1) is 8.52. The first kappa shape index (κ1) is 16.8. The van der Waals surface area contributed by atoms with Crippen LogP contribution in [0.15, 0.2) is 0 Å². The molecule has 0 radical (unpaired) electrons. The smallest absolute Gasteiger partial charge is 0.305 e. The third-order valence-corrected chi connectivity index (χ3v) is 2.37. The fourth-order valence-electron chi connectivity index (χ4n) is 1.44. The number of hydrogen-bond donors (Lipinski definition) is 2. The number of ether oxygens (including phenoxy) is 2. The Morgan fingerprint density at radius 2 is 1.83 bits per heavy atom. The summed E-state index contributed by atoms with van der Waals surface area (Å²) in [4.78, 5) is 23.9. The van der Waals surface area contributed by atoms with Gasteiger partial charge in [-0.25, -0.2) is 0 Å². The molecule has 0 saturated heterocycles. The molecule has 3 N–H and O–H groups in total. The summed E-state index contributed by atoms with van der Waals surface area (Å²) in [5.41, 5.74) is 5.55. The van der Waals surface area contributed by atoms with Crippen LogP contribution in [0.2, 0.25) is 0 Å². The molecule has 0 bridgehead atoms. The molecule has 0 saturated carbocycles. The lowest BCUT2D eigenvalue weighted by Gasteiger charge is -2.24. The van der Waals surface area contributed by atoms with Crippen LogP contribution >= 0.6 is 0 Å². The molecule has 0 rings (SSSR count). The van der Waals surface area contributed by atoms with Gasteiger partial charge in [0, 0.05) is 33.9 Å². The summed E-state index contributed by atoms with van der Waals surface area (Å²) in [6.07, 6.45) is 0.304. The summed E-state index contributed by atoms with van der Waals surface area (Å²) in [6, 6.07) is -1.01. The highest BCUT2D eigenvalue weighted by Crippen LogP contribution is 2.00. The van der Waals surface area contributed by atoms with Crippen molar-refractivity contribution in [3.8, 4) is 0 Å². The van der Waals surface area contributed by atoms with Crippen molar-refractivity contribution in [1.82, 2.24) is 4.90 Å². The summed E-state index contributed by atoms with van der Waals surface area (Å²) in [5, 5.41) is 8.61. The van der Waals surface area contributed by atoms with Crippen molar-refractivity contribution in [3.05, 3.63) is 0 Å². The van der Waals surface area contributed by atoms with Gasteiger partial charge in [-0.2, -0.15) is 0 Å². The van der Waals surface area contributed by atoms with E-state index in [1.54, 1.807) is 7.11 Å². The van der Waals surface area contributed by atoms with E-state index in [1.165, 1.54) is 12.0 Å². The molecule has 0 spiro atoms. The van der Waals surface area contributed by atoms with Gasteiger partial charge in [-0.05, 0) is 6.42 Å². The zero-order valence-electron chi connectivity index (χ0n) is 10.9. The fraction of sp³-hybridized carbons (Fsp3) is 0.818. The normalized spacial score (nSPS) is 12.2. The molecular formula is C11H22N2O5. The third kappa shape index (κ3) is 7.21. The standard InChI is InChI=1S/C11H22N2O5/c1-17-6-3-4-13(5-7-18-2)11(16)9(12)8-10(14)15/h9H,3-8,12H2,1-2H3,(H,14,15). The van der Waals surface area contributed by atoms with Crippen LogP contribution < -0.4 is 5.73 Å². The van der Waals surface area contributed by atoms with Crippen molar-refractivity contribution in [2.45, 2.75) is 18.9 Å². The number of carbonyl (C=O) groups excluding carboxylic acids is 1. The Hall–Kier alpha value is -1.18. The van der Waals surface area contributed by atoms with E-state index in [0.717, 1.165) is 0 Å². The van der Waals surface area contributed by atoms with Gasteiger partial charge < -0.3 is 25.2 Å². The van der Waals surface area contributed by atoms with Crippen LogP contribution in [0.3, 0.4) is 0 Å². The van der Waals surface area contributed by atoms with Crippen LogP contribution in [0.25, 0.3) is 0 Å². The van der Waals surface area contributed by atoms with E-state index in [9.17, 15) is 9.59 Å². The van der Waals surface area contributed by atoms with Crippen LogP contribution in [0.1, 0.15) is 12.8 Å². The van der Waals surface area contributed by atoms with Crippen molar-refractivity contribution in [1.29, 1.82) is 0 Å². The maximum absolute atomic E-state index is 11.9. The largest absolute Gasteiger partial charge is 0.481 e. The zero-order valence-corrected chi connectivity index (χ0v) is 10.9. The summed E-state index contributed by atoms with van der Waals surface area (Å²) in [6.45, 7) is 1.79. The van der Waals surface area contributed by atoms with Gasteiger partial charge in [-0.15, -0.1) is 0 Å². The van der Waals surface area contributed by atoms with Gasteiger partial charge >= 0.3 is 5.97 Å².